The normalized spacial score (nSPS) is 21.6. The average Bonchev–Trinajstić information content (AvgIpc) is 2.40. The summed E-state index contributed by atoms with van der Waals surface area (Å²) in [5.74, 6) is -0.134. The van der Waals surface area contributed by atoms with Gasteiger partial charge in [-0.3, -0.25) is 14.5 Å². The van der Waals surface area contributed by atoms with E-state index in [-0.39, 0.29) is 17.9 Å². The number of nitrogens with zero attached hydrogens (tertiary/aromatic N) is 1. The summed E-state index contributed by atoms with van der Waals surface area (Å²) in [5.41, 5.74) is 5.12. The second-order valence-corrected chi connectivity index (χ2v) is 5.16. The van der Waals surface area contributed by atoms with Crippen LogP contribution in [0.4, 0.5) is 0 Å². The Hall–Kier alpha value is -0.900. The fraction of sp³-hybridized carbons (Fsp3) is 0.833. The first-order valence-electron chi connectivity index (χ1n) is 6.00. The van der Waals surface area contributed by atoms with Gasteiger partial charge in [-0.2, -0.15) is 0 Å². The van der Waals surface area contributed by atoms with Crippen LogP contribution in [0.1, 0.15) is 46.5 Å². The summed E-state index contributed by atoms with van der Waals surface area (Å²) in [6.45, 7) is 6.10. The number of unbranched alkanes of at least 4 members (excludes halogenated alkanes) is 1. The van der Waals surface area contributed by atoms with Crippen LogP contribution in [-0.2, 0) is 9.59 Å². The Labute approximate surface area is 97.2 Å². The molecule has 1 atom stereocenters. The number of carbonyl (C=O) groups excluding carboxylic acids is 2. The Balaban J connectivity index is 2.77. The number of nitrogens with two attached hydrogens (primary N) is 1. The second-order valence-electron chi connectivity index (χ2n) is 5.16. The lowest BCUT2D eigenvalue weighted by Crippen LogP contribution is -2.45. The van der Waals surface area contributed by atoms with Crippen molar-refractivity contribution in [1.82, 2.24) is 4.90 Å². The van der Waals surface area contributed by atoms with Crippen LogP contribution in [0.5, 0.6) is 0 Å². The second kappa shape index (κ2) is 4.95. The summed E-state index contributed by atoms with van der Waals surface area (Å²) in [5, 5.41) is 0. The monoisotopic (exact) mass is 226 g/mol. The van der Waals surface area contributed by atoms with Crippen molar-refractivity contribution >= 4 is 11.8 Å². The molecule has 0 aromatic carbocycles. The zero-order chi connectivity index (χ0) is 12.3. The molecule has 4 nitrogen and oxygen atoms in total. The highest BCUT2D eigenvalue weighted by atomic mass is 16.2. The van der Waals surface area contributed by atoms with Crippen LogP contribution < -0.4 is 5.73 Å². The molecule has 4 heteroatoms. The van der Waals surface area contributed by atoms with Gasteiger partial charge in [0.05, 0.1) is 11.5 Å². The van der Waals surface area contributed by atoms with Gasteiger partial charge in [0.1, 0.15) is 0 Å². The van der Waals surface area contributed by atoms with E-state index in [1.807, 2.05) is 13.8 Å². The van der Waals surface area contributed by atoms with Crippen molar-refractivity contribution in [3.63, 3.8) is 0 Å². The van der Waals surface area contributed by atoms with E-state index < -0.39 is 5.41 Å². The first kappa shape index (κ1) is 13.2. The first-order chi connectivity index (χ1) is 7.44. The quantitative estimate of drug-likeness (QED) is 0.718. The van der Waals surface area contributed by atoms with Gasteiger partial charge in [0.25, 0.3) is 0 Å². The van der Waals surface area contributed by atoms with Crippen molar-refractivity contribution in [1.29, 1.82) is 0 Å². The largest absolute Gasteiger partial charge is 0.328 e. The number of carbonyl (C=O) groups is 2. The Morgan fingerprint density at radius 1 is 1.44 bits per heavy atom. The van der Waals surface area contributed by atoms with Gasteiger partial charge in [-0.05, 0) is 6.42 Å². The van der Waals surface area contributed by atoms with Crippen molar-refractivity contribution in [2.75, 3.05) is 6.54 Å². The molecule has 1 heterocycles. The third-order valence-electron chi connectivity index (χ3n) is 3.19. The van der Waals surface area contributed by atoms with Crippen LogP contribution >= 0.6 is 0 Å². The maximum absolute atomic E-state index is 12.1. The molecule has 0 aliphatic carbocycles. The standard InChI is InChI=1S/C12H22N2O2/c1-4-5-6-9(8-13)14-10(15)7-12(2,3)11(14)16/h9H,4-8,13H2,1-3H3. The average molecular weight is 226 g/mol. The molecule has 1 fully saturated rings. The SMILES string of the molecule is CCCCC(CN)N1C(=O)CC(C)(C)C1=O. The minimum absolute atomic E-state index is 0.0657. The highest BCUT2D eigenvalue weighted by molar-refractivity contribution is 6.05. The molecule has 0 radical (unpaired) electrons. The maximum atomic E-state index is 12.1. The Morgan fingerprint density at radius 2 is 2.06 bits per heavy atom. The minimum Gasteiger partial charge on any atom is -0.328 e. The summed E-state index contributed by atoms with van der Waals surface area (Å²) in [6.07, 6.45) is 3.19. The van der Waals surface area contributed by atoms with Crippen LogP contribution in [0.3, 0.4) is 0 Å². The molecule has 1 unspecified atom stereocenters. The molecule has 1 aliphatic heterocycles. The van der Waals surface area contributed by atoms with Crippen molar-refractivity contribution in [3.8, 4) is 0 Å². The van der Waals surface area contributed by atoms with Gasteiger partial charge in [0, 0.05) is 13.0 Å². The molecule has 0 aromatic heterocycles. The van der Waals surface area contributed by atoms with E-state index in [4.69, 9.17) is 5.73 Å². The van der Waals surface area contributed by atoms with Crippen LogP contribution in [0.15, 0.2) is 0 Å². The fourth-order valence-electron chi connectivity index (χ4n) is 2.14. The minimum atomic E-state index is -0.545. The molecule has 0 aromatic rings. The smallest absolute Gasteiger partial charge is 0.235 e. The van der Waals surface area contributed by atoms with Crippen molar-refractivity contribution in [3.05, 3.63) is 0 Å². The van der Waals surface area contributed by atoms with Gasteiger partial charge in [0.15, 0.2) is 0 Å². The number of hydrogen-bond acceptors (Lipinski definition) is 3. The van der Waals surface area contributed by atoms with E-state index in [2.05, 4.69) is 6.92 Å². The molecule has 0 bridgehead atoms. The Kier molecular flexibility index (Phi) is 4.08. The highest BCUT2D eigenvalue weighted by Gasteiger charge is 2.46. The lowest BCUT2D eigenvalue weighted by atomic mass is 9.92. The van der Waals surface area contributed by atoms with Crippen LogP contribution in [0.2, 0.25) is 0 Å². The number of amides is 2. The van der Waals surface area contributed by atoms with Crippen LogP contribution in [-0.4, -0.2) is 29.3 Å². The summed E-state index contributed by atoms with van der Waals surface area (Å²) in [6, 6.07) is -0.110. The molecule has 16 heavy (non-hydrogen) atoms. The van der Waals surface area contributed by atoms with Crippen molar-refractivity contribution in [2.24, 2.45) is 11.1 Å². The molecule has 1 rings (SSSR count). The lowest BCUT2D eigenvalue weighted by molar-refractivity contribution is -0.143. The molecule has 1 saturated heterocycles. The third-order valence-corrected chi connectivity index (χ3v) is 3.19. The van der Waals surface area contributed by atoms with Gasteiger partial charge >= 0.3 is 0 Å². The van der Waals surface area contributed by atoms with Crippen molar-refractivity contribution in [2.45, 2.75) is 52.5 Å². The van der Waals surface area contributed by atoms with E-state index in [9.17, 15) is 9.59 Å². The number of hydrogen-bond donors (Lipinski definition) is 1. The zero-order valence-electron chi connectivity index (χ0n) is 10.5. The predicted molar refractivity (Wildman–Crippen MR) is 62.6 cm³/mol. The molecule has 2 N–H and O–H groups in total. The van der Waals surface area contributed by atoms with E-state index in [0.717, 1.165) is 19.3 Å². The Bertz CT molecular complexity index is 287. The maximum Gasteiger partial charge on any atom is 0.235 e. The van der Waals surface area contributed by atoms with Gasteiger partial charge in [0.2, 0.25) is 11.8 Å². The van der Waals surface area contributed by atoms with Gasteiger partial charge in [-0.25, -0.2) is 0 Å². The summed E-state index contributed by atoms with van der Waals surface area (Å²) < 4.78 is 0. The predicted octanol–water partition coefficient (Wildman–Crippen LogP) is 1.29. The molecule has 92 valence electrons. The number of rotatable bonds is 5. The van der Waals surface area contributed by atoms with Crippen molar-refractivity contribution < 1.29 is 9.59 Å². The highest BCUT2D eigenvalue weighted by Crippen LogP contribution is 2.33. The topological polar surface area (TPSA) is 63.4 Å². The molecule has 2 amide bonds. The van der Waals surface area contributed by atoms with Crippen LogP contribution in [0, 0.1) is 5.41 Å². The number of imide groups is 1. The van der Waals surface area contributed by atoms with Gasteiger partial charge < -0.3 is 5.73 Å². The Morgan fingerprint density at radius 3 is 2.44 bits per heavy atom. The van der Waals surface area contributed by atoms with Crippen LogP contribution in [0.25, 0.3) is 0 Å². The van der Waals surface area contributed by atoms with E-state index in [1.54, 1.807) is 0 Å². The summed E-state index contributed by atoms with van der Waals surface area (Å²) in [7, 11) is 0. The molecule has 0 spiro atoms. The zero-order valence-corrected chi connectivity index (χ0v) is 10.5. The molecular formula is C12H22N2O2. The number of likely N-dealkylation sites (tertiary alicyclic amines) is 1. The molecule has 1 aliphatic rings. The first-order valence-corrected chi connectivity index (χ1v) is 6.00. The van der Waals surface area contributed by atoms with E-state index in [0.29, 0.717) is 13.0 Å². The molecular weight excluding hydrogens is 204 g/mol. The summed E-state index contributed by atoms with van der Waals surface area (Å²) in [4.78, 5) is 25.3. The molecule has 0 saturated carbocycles. The fourth-order valence-corrected chi connectivity index (χ4v) is 2.14. The lowest BCUT2D eigenvalue weighted by Gasteiger charge is -2.26. The van der Waals surface area contributed by atoms with E-state index in [1.165, 1.54) is 4.90 Å². The van der Waals surface area contributed by atoms with E-state index >= 15 is 0 Å². The van der Waals surface area contributed by atoms with Gasteiger partial charge in [-0.1, -0.05) is 33.6 Å². The van der Waals surface area contributed by atoms with Gasteiger partial charge in [-0.15, -0.1) is 0 Å². The summed E-state index contributed by atoms with van der Waals surface area (Å²) >= 11 is 0. The third kappa shape index (κ3) is 2.43.